The van der Waals surface area contributed by atoms with Crippen LogP contribution in [-0.2, 0) is 4.74 Å². The molecule has 0 aliphatic carbocycles. The topological polar surface area (TPSA) is 37.4 Å². The molecule has 1 unspecified atom stereocenters. The number of morpholine rings is 1. The van der Waals surface area contributed by atoms with E-state index in [2.05, 4.69) is 34.3 Å². The number of pyridine rings is 1. The highest BCUT2D eigenvalue weighted by Gasteiger charge is 2.13. The summed E-state index contributed by atoms with van der Waals surface area (Å²) in [6.45, 7) is 5.62. The first-order valence-electron chi connectivity index (χ1n) is 5.77. The maximum Gasteiger partial charge on any atom is 0.128 e. The number of aromatic nitrogens is 1. The second-order valence-electron chi connectivity index (χ2n) is 4.06. The first-order valence-corrected chi connectivity index (χ1v) is 5.77. The SMILES string of the molecule is CNC(C)c1ccnc(N2CCOCC2)c1. The van der Waals surface area contributed by atoms with E-state index in [0.717, 1.165) is 32.1 Å². The fraction of sp³-hybridized carbons (Fsp3) is 0.583. The molecule has 4 heteroatoms. The highest BCUT2D eigenvalue weighted by atomic mass is 16.5. The van der Waals surface area contributed by atoms with Crippen molar-refractivity contribution in [3.8, 4) is 0 Å². The molecule has 1 fully saturated rings. The summed E-state index contributed by atoms with van der Waals surface area (Å²) in [5.74, 6) is 1.06. The second kappa shape index (κ2) is 5.27. The molecule has 88 valence electrons. The van der Waals surface area contributed by atoms with Crippen LogP contribution >= 0.6 is 0 Å². The summed E-state index contributed by atoms with van der Waals surface area (Å²) in [7, 11) is 1.97. The summed E-state index contributed by atoms with van der Waals surface area (Å²) >= 11 is 0. The third-order valence-corrected chi connectivity index (χ3v) is 3.04. The lowest BCUT2D eigenvalue weighted by Gasteiger charge is -2.28. The molecule has 4 nitrogen and oxygen atoms in total. The lowest BCUT2D eigenvalue weighted by molar-refractivity contribution is 0.122. The molecule has 0 spiro atoms. The molecular formula is C12H19N3O. The Morgan fingerprint density at radius 2 is 2.19 bits per heavy atom. The maximum atomic E-state index is 5.34. The second-order valence-corrected chi connectivity index (χ2v) is 4.06. The van der Waals surface area contributed by atoms with Crippen LogP contribution < -0.4 is 10.2 Å². The Kier molecular flexibility index (Phi) is 3.74. The van der Waals surface area contributed by atoms with Gasteiger partial charge in [-0.2, -0.15) is 0 Å². The highest BCUT2D eigenvalue weighted by Crippen LogP contribution is 2.18. The van der Waals surface area contributed by atoms with E-state index in [1.54, 1.807) is 0 Å². The molecular weight excluding hydrogens is 202 g/mol. The van der Waals surface area contributed by atoms with Crippen LogP contribution in [0.25, 0.3) is 0 Å². The number of ether oxygens (including phenoxy) is 1. The summed E-state index contributed by atoms with van der Waals surface area (Å²) < 4.78 is 5.34. The molecule has 0 radical (unpaired) electrons. The first-order chi connectivity index (χ1) is 7.81. The van der Waals surface area contributed by atoms with Gasteiger partial charge in [0.05, 0.1) is 13.2 Å². The van der Waals surface area contributed by atoms with E-state index in [4.69, 9.17) is 4.74 Å². The van der Waals surface area contributed by atoms with Crippen molar-refractivity contribution in [1.29, 1.82) is 0 Å². The van der Waals surface area contributed by atoms with Gasteiger partial charge < -0.3 is 15.0 Å². The van der Waals surface area contributed by atoms with E-state index in [1.807, 2.05) is 13.2 Å². The van der Waals surface area contributed by atoms with Crippen molar-refractivity contribution >= 4 is 5.82 Å². The fourth-order valence-corrected chi connectivity index (χ4v) is 1.84. The number of nitrogens with zero attached hydrogens (tertiary/aromatic N) is 2. The van der Waals surface area contributed by atoms with E-state index in [1.165, 1.54) is 5.56 Å². The molecule has 0 saturated carbocycles. The quantitative estimate of drug-likeness (QED) is 0.832. The Morgan fingerprint density at radius 1 is 1.44 bits per heavy atom. The van der Waals surface area contributed by atoms with E-state index in [-0.39, 0.29) is 0 Å². The van der Waals surface area contributed by atoms with Gasteiger partial charge >= 0.3 is 0 Å². The van der Waals surface area contributed by atoms with Gasteiger partial charge in [0.15, 0.2) is 0 Å². The molecule has 2 heterocycles. The zero-order valence-corrected chi connectivity index (χ0v) is 9.94. The zero-order chi connectivity index (χ0) is 11.4. The van der Waals surface area contributed by atoms with Crippen molar-refractivity contribution in [3.63, 3.8) is 0 Å². The van der Waals surface area contributed by atoms with Gasteiger partial charge in [0.2, 0.25) is 0 Å². The summed E-state index contributed by atoms with van der Waals surface area (Å²) in [5.41, 5.74) is 1.28. The van der Waals surface area contributed by atoms with Crippen molar-refractivity contribution < 1.29 is 4.74 Å². The predicted molar refractivity (Wildman–Crippen MR) is 64.7 cm³/mol. The molecule has 0 aromatic carbocycles. The fourth-order valence-electron chi connectivity index (χ4n) is 1.84. The Labute approximate surface area is 96.6 Å². The van der Waals surface area contributed by atoms with E-state index < -0.39 is 0 Å². The van der Waals surface area contributed by atoms with Crippen molar-refractivity contribution in [3.05, 3.63) is 23.9 Å². The molecule has 1 aromatic heterocycles. The lowest BCUT2D eigenvalue weighted by atomic mass is 10.1. The average Bonchev–Trinajstić information content (AvgIpc) is 2.39. The van der Waals surface area contributed by atoms with Crippen molar-refractivity contribution in [2.75, 3.05) is 38.3 Å². The van der Waals surface area contributed by atoms with Crippen LogP contribution in [0.1, 0.15) is 18.5 Å². The monoisotopic (exact) mass is 221 g/mol. The lowest BCUT2D eigenvalue weighted by Crippen LogP contribution is -2.36. The van der Waals surface area contributed by atoms with Gasteiger partial charge in [0.25, 0.3) is 0 Å². The molecule has 0 bridgehead atoms. The molecule has 1 atom stereocenters. The number of nitrogens with one attached hydrogen (secondary N) is 1. The smallest absolute Gasteiger partial charge is 0.128 e. The molecule has 1 saturated heterocycles. The van der Waals surface area contributed by atoms with Crippen LogP contribution in [0.2, 0.25) is 0 Å². The standard InChI is InChI=1S/C12H19N3O/c1-10(13-2)11-3-4-14-12(9-11)15-5-7-16-8-6-15/h3-4,9-10,13H,5-8H2,1-2H3. The van der Waals surface area contributed by atoms with Gasteiger partial charge in [-0.15, -0.1) is 0 Å². The minimum atomic E-state index is 0.364. The first kappa shape index (κ1) is 11.4. The molecule has 2 rings (SSSR count). The van der Waals surface area contributed by atoms with E-state index in [9.17, 15) is 0 Å². The Morgan fingerprint density at radius 3 is 2.88 bits per heavy atom. The average molecular weight is 221 g/mol. The summed E-state index contributed by atoms with van der Waals surface area (Å²) in [6.07, 6.45) is 1.88. The van der Waals surface area contributed by atoms with Gasteiger partial charge in [0, 0.05) is 25.3 Å². The Balaban J connectivity index is 2.14. The van der Waals surface area contributed by atoms with E-state index >= 15 is 0 Å². The van der Waals surface area contributed by atoms with Gasteiger partial charge in [-0.05, 0) is 31.7 Å². The largest absolute Gasteiger partial charge is 0.378 e. The Hall–Kier alpha value is -1.13. The van der Waals surface area contributed by atoms with Crippen LogP contribution in [0.3, 0.4) is 0 Å². The molecule has 1 aliphatic heterocycles. The van der Waals surface area contributed by atoms with Crippen LogP contribution in [0.15, 0.2) is 18.3 Å². The minimum absolute atomic E-state index is 0.364. The van der Waals surface area contributed by atoms with Crippen LogP contribution in [0.4, 0.5) is 5.82 Å². The summed E-state index contributed by atoms with van der Waals surface area (Å²) in [6, 6.07) is 4.58. The number of anilines is 1. The van der Waals surface area contributed by atoms with Crippen molar-refractivity contribution in [2.24, 2.45) is 0 Å². The number of hydrogen-bond donors (Lipinski definition) is 1. The van der Waals surface area contributed by atoms with Gasteiger partial charge in [0.1, 0.15) is 5.82 Å². The maximum absolute atomic E-state index is 5.34. The zero-order valence-electron chi connectivity index (χ0n) is 9.94. The minimum Gasteiger partial charge on any atom is -0.378 e. The van der Waals surface area contributed by atoms with Crippen LogP contribution in [-0.4, -0.2) is 38.3 Å². The molecule has 1 aromatic rings. The van der Waals surface area contributed by atoms with Crippen LogP contribution in [0, 0.1) is 0 Å². The summed E-state index contributed by atoms with van der Waals surface area (Å²) in [5, 5.41) is 3.24. The van der Waals surface area contributed by atoms with Gasteiger partial charge in [-0.3, -0.25) is 0 Å². The number of rotatable bonds is 3. The summed E-state index contributed by atoms with van der Waals surface area (Å²) in [4.78, 5) is 6.70. The third kappa shape index (κ3) is 2.51. The Bertz CT molecular complexity index is 337. The molecule has 1 N–H and O–H groups in total. The highest BCUT2D eigenvalue weighted by molar-refractivity contribution is 5.42. The predicted octanol–water partition coefficient (Wildman–Crippen LogP) is 1.20. The normalized spacial score (nSPS) is 18.5. The van der Waals surface area contributed by atoms with Crippen LogP contribution in [0.5, 0.6) is 0 Å². The van der Waals surface area contributed by atoms with Crippen molar-refractivity contribution in [1.82, 2.24) is 10.3 Å². The third-order valence-electron chi connectivity index (χ3n) is 3.04. The molecule has 1 aliphatic rings. The molecule has 0 amide bonds. The van der Waals surface area contributed by atoms with Gasteiger partial charge in [-0.25, -0.2) is 4.98 Å². The van der Waals surface area contributed by atoms with Gasteiger partial charge in [-0.1, -0.05) is 0 Å². The van der Waals surface area contributed by atoms with E-state index in [0.29, 0.717) is 6.04 Å². The number of hydrogen-bond acceptors (Lipinski definition) is 4. The molecule has 16 heavy (non-hydrogen) atoms. The van der Waals surface area contributed by atoms with Crippen molar-refractivity contribution in [2.45, 2.75) is 13.0 Å².